The molecule has 0 saturated carbocycles. The van der Waals surface area contributed by atoms with Crippen molar-refractivity contribution >= 4 is 23.3 Å². The van der Waals surface area contributed by atoms with Gasteiger partial charge >= 0.3 is 0 Å². The highest BCUT2D eigenvalue weighted by Gasteiger charge is 2.22. The molecule has 0 radical (unpaired) electrons. The van der Waals surface area contributed by atoms with Crippen molar-refractivity contribution in [2.45, 2.75) is 19.4 Å². The average Bonchev–Trinajstić information content (AvgIpc) is 3.23. The van der Waals surface area contributed by atoms with E-state index in [9.17, 15) is 9.59 Å². The van der Waals surface area contributed by atoms with E-state index < -0.39 is 0 Å². The van der Waals surface area contributed by atoms with Crippen molar-refractivity contribution in [3.05, 3.63) is 66.1 Å². The van der Waals surface area contributed by atoms with Gasteiger partial charge in [-0.15, -0.1) is 0 Å². The lowest BCUT2D eigenvalue weighted by Crippen LogP contribution is -2.26. The summed E-state index contributed by atoms with van der Waals surface area (Å²) >= 11 is 0. The summed E-state index contributed by atoms with van der Waals surface area (Å²) in [5, 5.41) is 2.93. The molecule has 3 heterocycles. The first-order valence-corrected chi connectivity index (χ1v) is 10.2. The number of anilines is 2. The maximum Gasteiger partial charge on any atom is 0.251 e. The molecule has 2 amide bonds. The van der Waals surface area contributed by atoms with Gasteiger partial charge in [0.05, 0.1) is 12.2 Å². The molecule has 1 aliphatic heterocycles. The van der Waals surface area contributed by atoms with E-state index in [1.54, 1.807) is 35.5 Å². The number of nitrogens with zero attached hydrogens (tertiary/aromatic N) is 5. The summed E-state index contributed by atoms with van der Waals surface area (Å²) in [6.45, 7) is 0.948. The minimum Gasteiger partial charge on any atom is -0.363 e. The summed E-state index contributed by atoms with van der Waals surface area (Å²) in [6.07, 6.45) is 4.79. The lowest BCUT2D eigenvalue weighted by molar-refractivity contribution is -0.117. The zero-order chi connectivity index (χ0) is 21.8. The summed E-state index contributed by atoms with van der Waals surface area (Å²) in [5.41, 5.74) is 2.82. The molecule has 0 spiro atoms. The average molecular weight is 416 g/mol. The second kappa shape index (κ2) is 8.91. The van der Waals surface area contributed by atoms with Crippen LogP contribution in [0.5, 0.6) is 0 Å². The summed E-state index contributed by atoms with van der Waals surface area (Å²) in [4.78, 5) is 41.6. The first-order chi connectivity index (χ1) is 15.0. The minimum absolute atomic E-state index is 0.0957. The molecule has 4 rings (SSSR count). The van der Waals surface area contributed by atoms with Crippen LogP contribution in [0.1, 0.15) is 28.9 Å². The highest BCUT2D eigenvalue weighted by molar-refractivity contribution is 5.99. The monoisotopic (exact) mass is 416 g/mol. The Balaban J connectivity index is 1.52. The Morgan fingerprint density at radius 2 is 1.94 bits per heavy atom. The highest BCUT2D eigenvalue weighted by Crippen LogP contribution is 2.22. The van der Waals surface area contributed by atoms with Crippen LogP contribution < -0.4 is 15.1 Å². The van der Waals surface area contributed by atoms with E-state index >= 15 is 0 Å². The maximum atomic E-state index is 12.8. The molecular weight excluding hydrogens is 392 g/mol. The Kier molecular flexibility index (Phi) is 5.88. The number of pyridine rings is 1. The first-order valence-electron chi connectivity index (χ1n) is 10.2. The highest BCUT2D eigenvalue weighted by atomic mass is 16.2. The molecule has 1 aliphatic rings. The van der Waals surface area contributed by atoms with E-state index in [1.165, 1.54) is 0 Å². The topological polar surface area (TPSA) is 91.3 Å². The van der Waals surface area contributed by atoms with Crippen LogP contribution >= 0.6 is 0 Å². The molecule has 158 valence electrons. The van der Waals surface area contributed by atoms with E-state index in [0.717, 1.165) is 23.5 Å². The fraction of sp³-hybridized carbons (Fsp3) is 0.261. The molecule has 8 heteroatoms. The molecule has 2 aromatic heterocycles. The number of benzene rings is 1. The van der Waals surface area contributed by atoms with Crippen molar-refractivity contribution in [3.63, 3.8) is 0 Å². The van der Waals surface area contributed by atoms with Gasteiger partial charge < -0.3 is 15.1 Å². The molecule has 1 saturated heterocycles. The summed E-state index contributed by atoms with van der Waals surface area (Å²) in [5.74, 6) is 1.20. The van der Waals surface area contributed by atoms with Crippen LogP contribution in [0.3, 0.4) is 0 Å². The van der Waals surface area contributed by atoms with Gasteiger partial charge in [-0.25, -0.2) is 9.97 Å². The molecular formula is C23H24N6O2. The maximum absolute atomic E-state index is 12.8. The largest absolute Gasteiger partial charge is 0.363 e. The third-order valence-electron chi connectivity index (χ3n) is 5.09. The summed E-state index contributed by atoms with van der Waals surface area (Å²) in [7, 11) is 3.82. The van der Waals surface area contributed by atoms with E-state index in [0.29, 0.717) is 30.0 Å². The number of aromatic nitrogens is 3. The predicted molar refractivity (Wildman–Crippen MR) is 119 cm³/mol. The fourth-order valence-corrected chi connectivity index (χ4v) is 3.44. The van der Waals surface area contributed by atoms with Gasteiger partial charge in [-0.3, -0.25) is 14.6 Å². The van der Waals surface area contributed by atoms with Crippen molar-refractivity contribution in [3.8, 4) is 11.4 Å². The Labute approximate surface area is 181 Å². The van der Waals surface area contributed by atoms with Gasteiger partial charge in [0.2, 0.25) is 5.91 Å². The fourth-order valence-electron chi connectivity index (χ4n) is 3.44. The normalized spacial score (nSPS) is 13.4. The van der Waals surface area contributed by atoms with Crippen LogP contribution in [0.15, 0.2) is 54.9 Å². The molecule has 31 heavy (non-hydrogen) atoms. The summed E-state index contributed by atoms with van der Waals surface area (Å²) < 4.78 is 0. The molecule has 8 nitrogen and oxygen atoms in total. The SMILES string of the molecule is CN(C)c1cc(CNC(=O)c2cccc(N3CCCC3=O)c2)nc(-c2ccncc2)n1. The van der Waals surface area contributed by atoms with Gasteiger partial charge in [0.25, 0.3) is 5.91 Å². The van der Waals surface area contributed by atoms with Gasteiger partial charge in [0.1, 0.15) is 5.82 Å². The molecule has 1 fully saturated rings. The Hall–Kier alpha value is -3.81. The van der Waals surface area contributed by atoms with E-state index in [1.807, 2.05) is 43.3 Å². The number of amides is 2. The van der Waals surface area contributed by atoms with Crippen molar-refractivity contribution in [1.82, 2.24) is 20.3 Å². The third-order valence-corrected chi connectivity index (χ3v) is 5.09. The Bertz CT molecular complexity index is 1100. The molecule has 1 N–H and O–H groups in total. The molecule has 0 unspecified atom stereocenters. The van der Waals surface area contributed by atoms with Gasteiger partial charge in [0, 0.05) is 62.3 Å². The van der Waals surface area contributed by atoms with E-state index in [-0.39, 0.29) is 18.4 Å². The second-order valence-electron chi connectivity index (χ2n) is 7.55. The second-order valence-corrected chi connectivity index (χ2v) is 7.55. The number of carbonyl (C=O) groups excluding carboxylic acids is 2. The van der Waals surface area contributed by atoms with Crippen LogP contribution in [0.25, 0.3) is 11.4 Å². The van der Waals surface area contributed by atoms with E-state index in [2.05, 4.69) is 20.3 Å². The molecule has 1 aromatic carbocycles. The number of hydrogen-bond acceptors (Lipinski definition) is 6. The van der Waals surface area contributed by atoms with Gasteiger partial charge in [-0.1, -0.05) is 6.07 Å². The van der Waals surface area contributed by atoms with Crippen molar-refractivity contribution in [1.29, 1.82) is 0 Å². The minimum atomic E-state index is -0.219. The van der Waals surface area contributed by atoms with Crippen LogP contribution in [0, 0.1) is 0 Å². The van der Waals surface area contributed by atoms with Crippen LogP contribution in [0.2, 0.25) is 0 Å². The number of hydrogen-bond donors (Lipinski definition) is 1. The van der Waals surface area contributed by atoms with Crippen LogP contribution in [0.4, 0.5) is 11.5 Å². The standard InChI is InChI=1S/C23H24N6O2/c1-28(2)20-14-18(26-22(27-20)16-8-10-24-11-9-16)15-25-23(31)17-5-3-6-19(13-17)29-12-4-7-21(29)30/h3,5-6,8-11,13-14H,4,7,12,15H2,1-2H3,(H,25,31). The Morgan fingerprint density at radius 3 is 2.65 bits per heavy atom. The molecule has 3 aromatic rings. The smallest absolute Gasteiger partial charge is 0.251 e. The quantitative estimate of drug-likeness (QED) is 0.664. The Morgan fingerprint density at radius 1 is 1.13 bits per heavy atom. The van der Waals surface area contributed by atoms with Gasteiger partial charge in [0.15, 0.2) is 5.82 Å². The van der Waals surface area contributed by atoms with Gasteiger partial charge in [-0.05, 0) is 36.8 Å². The number of rotatable bonds is 6. The van der Waals surface area contributed by atoms with Crippen molar-refractivity contribution < 1.29 is 9.59 Å². The predicted octanol–water partition coefficient (Wildman–Crippen LogP) is 2.66. The van der Waals surface area contributed by atoms with Crippen LogP contribution in [-0.2, 0) is 11.3 Å². The van der Waals surface area contributed by atoms with Crippen molar-refractivity contribution in [2.75, 3.05) is 30.4 Å². The number of nitrogens with one attached hydrogen (secondary N) is 1. The molecule has 0 aliphatic carbocycles. The third kappa shape index (κ3) is 4.69. The van der Waals surface area contributed by atoms with Crippen LogP contribution in [-0.4, -0.2) is 47.4 Å². The lowest BCUT2D eigenvalue weighted by Gasteiger charge is -2.17. The zero-order valence-corrected chi connectivity index (χ0v) is 17.6. The van der Waals surface area contributed by atoms with E-state index in [4.69, 9.17) is 0 Å². The van der Waals surface area contributed by atoms with Gasteiger partial charge in [-0.2, -0.15) is 0 Å². The lowest BCUT2D eigenvalue weighted by atomic mass is 10.1. The summed E-state index contributed by atoms with van der Waals surface area (Å²) in [6, 6.07) is 12.7. The molecule has 0 bridgehead atoms. The van der Waals surface area contributed by atoms with Crippen molar-refractivity contribution in [2.24, 2.45) is 0 Å². The zero-order valence-electron chi connectivity index (χ0n) is 17.6. The first kappa shape index (κ1) is 20.5. The molecule has 0 atom stereocenters. The number of carbonyl (C=O) groups is 2.